The molecule has 0 radical (unpaired) electrons. The van der Waals surface area contributed by atoms with Crippen molar-refractivity contribution in [3.05, 3.63) is 82.0 Å². The topological polar surface area (TPSA) is 21.6 Å². The van der Waals surface area contributed by atoms with Gasteiger partial charge < -0.3 is 4.43 Å². The minimum Gasteiger partial charge on any atom is -0.546 e. The standard InChI is InChI=1S/C20H21NOSSi/c1-15-13-14-23-20(15)19(16-9-5-4-6-10-16)21-17-11-7-8-12-18(17)22-24(2)3/h4-14,24H,1-3H3. The predicted octanol–water partition coefficient (Wildman–Crippen LogP) is 5.59. The molecular weight excluding hydrogens is 330 g/mol. The summed E-state index contributed by atoms with van der Waals surface area (Å²) >= 11 is 1.73. The second-order valence-corrected chi connectivity index (χ2v) is 9.14. The molecule has 0 aliphatic rings. The van der Waals surface area contributed by atoms with Gasteiger partial charge in [-0.2, -0.15) is 0 Å². The zero-order valence-corrected chi connectivity index (χ0v) is 16.2. The Labute approximate surface area is 149 Å². The molecule has 0 fully saturated rings. The van der Waals surface area contributed by atoms with Gasteiger partial charge in [-0.1, -0.05) is 42.5 Å². The highest BCUT2D eigenvalue weighted by atomic mass is 32.1. The fourth-order valence-electron chi connectivity index (χ4n) is 2.48. The molecule has 1 heterocycles. The van der Waals surface area contributed by atoms with Gasteiger partial charge in [0.25, 0.3) is 0 Å². The lowest BCUT2D eigenvalue weighted by Crippen LogP contribution is -2.11. The predicted molar refractivity (Wildman–Crippen MR) is 107 cm³/mol. The Morgan fingerprint density at radius 1 is 0.958 bits per heavy atom. The van der Waals surface area contributed by atoms with Crippen molar-refractivity contribution in [3.8, 4) is 5.75 Å². The quantitative estimate of drug-likeness (QED) is 0.434. The number of thiophene rings is 1. The van der Waals surface area contributed by atoms with Crippen molar-refractivity contribution in [1.29, 1.82) is 0 Å². The van der Waals surface area contributed by atoms with E-state index in [1.165, 1.54) is 10.4 Å². The molecule has 0 amide bonds. The number of para-hydroxylation sites is 2. The number of aliphatic imine (C=N–C) groups is 1. The van der Waals surface area contributed by atoms with Crippen LogP contribution in [0.4, 0.5) is 5.69 Å². The van der Waals surface area contributed by atoms with E-state index in [4.69, 9.17) is 9.42 Å². The van der Waals surface area contributed by atoms with Crippen molar-refractivity contribution in [1.82, 2.24) is 0 Å². The molecule has 2 nitrogen and oxygen atoms in total. The summed E-state index contributed by atoms with van der Waals surface area (Å²) < 4.78 is 6.06. The third-order valence-electron chi connectivity index (χ3n) is 3.58. The van der Waals surface area contributed by atoms with Gasteiger partial charge in [0.2, 0.25) is 9.04 Å². The molecule has 4 heteroatoms. The van der Waals surface area contributed by atoms with E-state index in [2.05, 4.69) is 55.7 Å². The van der Waals surface area contributed by atoms with E-state index in [1.807, 2.05) is 30.3 Å². The number of hydrogen-bond acceptors (Lipinski definition) is 3. The molecule has 1 aromatic heterocycles. The Bertz CT molecular complexity index is 840. The minimum atomic E-state index is -1.18. The van der Waals surface area contributed by atoms with E-state index in [0.29, 0.717) is 0 Å². The van der Waals surface area contributed by atoms with Gasteiger partial charge in [-0.3, -0.25) is 0 Å². The van der Waals surface area contributed by atoms with Gasteiger partial charge in [-0.25, -0.2) is 4.99 Å². The number of nitrogens with zero attached hydrogens (tertiary/aromatic N) is 1. The van der Waals surface area contributed by atoms with Crippen molar-refractivity contribution in [2.24, 2.45) is 4.99 Å². The Hall–Kier alpha value is -2.17. The second-order valence-electron chi connectivity index (χ2n) is 5.89. The zero-order chi connectivity index (χ0) is 16.9. The van der Waals surface area contributed by atoms with Crippen molar-refractivity contribution in [2.75, 3.05) is 0 Å². The minimum absolute atomic E-state index is 0.877. The van der Waals surface area contributed by atoms with E-state index in [-0.39, 0.29) is 0 Å². The van der Waals surface area contributed by atoms with E-state index in [9.17, 15) is 0 Å². The SMILES string of the molecule is Cc1ccsc1C(=Nc1ccccc1O[SiH](C)C)c1ccccc1. The maximum atomic E-state index is 6.06. The van der Waals surface area contributed by atoms with Crippen molar-refractivity contribution in [3.63, 3.8) is 0 Å². The van der Waals surface area contributed by atoms with Crippen LogP contribution in [0.25, 0.3) is 0 Å². The highest BCUT2D eigenvalue weighted by Crippen LogP contribution is 2.31. The number of benzene rings is 2. The van der Waals surface area contributed by atoms with Crippen molar-refractivity contribution < 1.29 is 4.43 Å². The summed E-state index contributed by atoms with van der Waals surface area (Å²) in [7, 11) is -1.18. The molecule has 24 heavy (non-hydrogen) atoms. The van der Waals surface area contributed by atoms with Crippen LogP contribution in [-0.4, -0.2) is 14.8 Å². The van der Waals surface area contributed by atoms with Crippen LogP contribution in [0.3, 0.4) is 0 Å². The molecule has 0 N–H and O–H groups in total. The van der Waals surface area contributed by atoms with Crippen LogP contribution in [0.2, 0.25) is 13.1 Å². The molecule has 3 rings (SSSR count). The first-order valence-electron chi connectivity index (χ1n) is 8.09. The van der Waals surface area contributed by atoms with Gasteiger partial charge in [0.05, 0.1) is 10.6 Å². The molecule has 0 aliphatic heterocycles. The second kappa shape index (κ2) is 7.60. The van der Waals surface area contributed by atoms with Gasteiger partial charge in [-0.15, -0.1) is 11.3 Å². The smallest absolute Gasteiger partial charge is 0.229 e. The Morgan fingerprint density at radius 3 is 2.33 bits per heavy atom. The van der Waals surface area contributed by atoms with Gasteiger partial charge in [0, 0.05) is 5.56 Å². The molecule has 122 valence electrons. The first kappa shape index (κ1) is 16.7. The van der Waals surface area contributed by atoms with Gasteiger partial charge in [0.1, 0.15) is 11.4 Å². The molecule has 0 unspecified atom stereocenters. The Balaban J connectivity index is 2.14. The van der Waals surface area contributed by atoms with Crippen LogP contribution in [0.15, 0.2) is 71.0 Å². The first-order chi connectivity index (χ1) is 11.6. The molecular formula is C20H21NOSSi. The lowest BCUT2D eigenvalue weighted by Gasteiger charge is -2.13. The summed E-state index contributed by atoms with van der Waals surface area (Å²) in [5, 5.41) is 2.12. The number of hydrogen-bond donors (Lipinski definition) is 0. The lowest BCUT2D eigenvalue weighted by atomic mass is 10.1. The molecule has 0 aliphatic carbocycles. The van der Waals surface area contributed by atoms with Crippen LogP contribution in [0, 0.1) is 6.92 Å². The molecule has 0 spiro atoms. The molecule has 0 saturated heterocycles. The van der Waals surface area contributed by atoms with E-state index in [1.54, 1.807) is 11.3 Å². The summed E-state index contributed by atoms with van der Waals surface area (Å²) in [5.74, 6) is 0.877. The molecule has 2 aromatic carbocycles. The van der Waals surface area contributed by atoms with Crippen molar-refractivity contribution >= 4 is 31.8 Å². The van der Waals surface area contributed by atoms with Crippen LogP contribution in [0.5, 0.6) is 5.75 Å². The summed E-state index contributed by atoms with van der Waals surface area (Å²) in [6, 6.07) is 20.5. The maximum Gasteiger partial charge on any atom is 0.229 e. The largest absolute Gasteiger partial charge is 0.546 e. The summed E-state index contributed by atoms with van der Waals surface area (Å²) in [6.07, 6.45) is 0. The summed E-state index contributed by atoms with van der Waals surface area (Å²) in [4.78, 5) is 6.22. The summed E-state index contributed by atoms with van der Waals surface area (Å²) in [5.41, 5.74) is 4.27. The first-order valence-corrected chi connectivity index (χ1v) is 11.8. The fourth-order valence-corrected chi connectivity index (χ4v) is 4.13. The van der Waals surface area contributed by atoms with Gasteiger partial charge in [-0.05, 0) is 49.2 Å². The normalized spacial score (nSPS) is 11.8. The summed E-state index contributed by atoms with van der Waals surface area (Å²) in [6.45, 7) is 6.47. The third-order valence-corrected chi connectivity index (χ3v) is 5.33. The monoisotopic (exact) mass is 351 g/mol. The number of aryl methyl sites for hydroxylation is 1. The fraction of sp³-hybridized carbons (Fsp3) is 0.150. The van der Waals surface area contributed by atoms with E-state index < -0.39 is 9.04 Å². The molecule has 0 atom stereocenters. The van der Waals surface area contributed by atoms with E-state index >= 15 is 0 Å². The van der Waals surface area contributed by atoms with Crippen LogP contribution in [0.1, 0.15) is 16.0 Å². The van der Waals surface area contributed by atoms with Gasteiger partial charge in [0.15, 0.2) is 0 Å². The lowest BCUT2D eigenvalue weighted by molar-refractivity contribution is 0.582. The highest BCUT2D eigenvalue weighted by molar-refractivity contribution is 7.12. The van der Waals surface area contributed by atoms with Crippen LogP contribution in [-0.2, 0) is 0 Å². The van der Waals surface area contributed by atoms with Crippen molar-refractivity contribution in [2.45, 2.75) is 20.0 Å². The van der Waals surface area contributed by atoms with Gasteiger partial charge >= 0.3 is 0 Å². The van der Waals surface area contributed by atoms with Crippen LogP contribution < -0.4 is 4.43 Å². The molecule has 0 saturated carbocycles. The Kier molecular flexibility index (Phi) is 5.28. The maximum absolute atomic E-state index is 6.06. The van der Waals surface area contributed by atoms with Crippen LogP contribution >= 0.6 is 11.3 Å². The highest BCUT2D eigenvalue weighted by Gasteiger charge is 2.13. The Morgan fingerprint density at radius 2 is 1.67 bits per heavy atom. The molecule has 3 aromatic rings. The number of rotatable bonds is 5. The zero-order valence-electron chi connectivity index (χ0n) is 14.2. The molecule has 0 bridgehead atoms. The average Bonchev–Trinajstić information content (AvgIpc) is 3.00. The average molecular weight is 352 g/mol. The third kappa shape index (κ3) is 3.83. The van der Waals surface area contributed by atoms with E-state index in [0.717, 1.165) is 22.7 Å².